The summed E-state index contributed by atoms with van der Waals surface area (Å²) in [5.74, 6) is 2.48. The summed E-state index contributed by atoms with van der Waals surface area (Å²) in [6.07, 6.45) is 0. The summed E-state index contributed by atoms with van der Waals surface area (Å²) < 4.78 is 5.85. The van der Waals surface area contributed by atoms with E-state index in [1.54, 1.807) is 7.11 Å². The van der Waals surface area contributed by atoms with Gasteiger partial charge in [-0.05, 0) is 56.5 Å². The van der Waals surface area contributed by atoms with Gasteiger partial charge in [-0.15, -0.1) is 0 Å². The molecule has 3 heterocycles. The van der Waals surface area contributed by atoms with Gasteiger partial charge in [0.25, 0.3) is 0 Å². The highest BCUT2D eigenvalue weighted by Gasteiger charge is 2.25. The largest absolute Gasteiger partial charge is 0.490 e. The molecule has 1 aliphatic heterocycles. The monoisotopic (exact) mass is 539 g/mol. The minimum atomic E-state index is -0.102. The molecular weight excluding hydrogens is 502 g/mol. The first-order valence-electron chi connectivity index (χ1n) is 12.8. The molecule has 0 bridgehead atoms. The minimum Gasteiger partial charge on any atom is -0.490 e. The number of carbonyl (C=O) groups excluding carboxylic acids is 1. The van der Waals surface area contributed by atoms with Crippen LogP contribution in [0.2, 0.25) is 0 Å². The maximum absolute atomic E-state index is 11.4. The summed E-state index contributed by atoms with van der Waals surface area (Å²) in [7, 11) is 3.80. The van der Waals surface area contributed by atoms with Gasteiger partial charge in [0.05, 0.1) is 7.11 Å². The average molecular weight is 540 g/mol. The Morgan fingerprint density at radius 2 is 1.92 bits per heavy atom. The molecule has 1 aromatic carbocycles. The highest BCUT2D eigenvalue weighted by Crippen LogP contribution is 2.38. The maximum Gasteiger partial charge on any atom is 0.221 e. The summed E-state index contributed by atoms with van der Waals surface area (Å²) in [6.45, 7) is 12.4. The summed E-state index contributed by atoms with van der Waals surface area (Å²) >= 11 is 1.46. The fraction of sp³-hybridized carbons (Fsp3) is 0.462. The molecule has 1 amide bonds. The Bertz CT molecular complexity index is 1210. The summed E-state index contributed by atoms with van der Waals surface area (Å²) in [6, 6.07) is 9.55. The number of carbonyl (C=O) groups is 1. The fourth-order valence-corrected chi connectivity index (χ4v) is 4.88. The second-order valence-electron chi connectivity index (χ2n) is 9.31. The van der Waals surface area contributed by atoms with Crippen molar-refractivity contribution in [3.63, 3.8) is 0 Å². The molecule has 1 fully saturated rings. The van der Waals surface area contributed by atoms with Gasteiger partial charge in [-0.3, -0.25) is 14.8 Å². The third-order valence-electron chi connectivity index (χ3n) is 6.38. The van der Waals surface area contributed by atoms with Crippen molar-refractivity contribution in [3.8, 4) is 5.75 Å². The standard InChI is InChI=1S/C26H37N9O2S/c1-6-33(4)11-12-34-13-15-35(16-14-34)25-23(37-5)24(28-22-17-18(2)31-32-22)29-26(30-25)38-21-9-7-20(8-10-21)27-19(3)36/h7-10,17H,6,11-16H2,1-5H3,(H,27,36)(H2,28,29,30,31,32). The normalized spacial score (nSPS) is 14.1. The van der Waals surface area contributed by atoms with E-state index in [-0.39, 0.29) is 5.91 Å². The van der Waals surface area contributed by atoms with Gasteiger partial charge >= 0.3 is 0 Å². The molecule has 2 aromatic heterocycles. The number of rotatable bonds is 11. The molecule has 0 atom stereocenters. The molecule has 4 rings (SSSR count). The SMILES string of the molecule is CCN(C)CCN1CCN(c2nc(Sc3ccc(NC(C)=O)cc3)nc(Nc3cc(C)[nH]n3)c2OC)CC1. The Labute approximate surface area is 228 Å². The quantitative estimate of drug-likeness (QED) is 0.313. The Hall–Kier alpha value is -3.35. The number of anilines is 4. The Morgan fingerprint density at radius 1 is 1.18 bits per heavy atom. The molecule has 3 N–H and O–H groups in total. The highest BCUT2D eigenvalue weighted by atomic mass is 32.2. The number of methoxy groups -OCH3 is 1. The number of ether oxygens (including phenoxy) is 1. The zero-order valence-electron chi connectivity index (χ0n) is 22.7. The first-order valence-corrected chi connectivity index (χ1v) is 13.6. The number of aryl methyl sites for hydroxylation is 1. The van der Waals surface area contributed by atoms with Gasteiger partial charge in [-0.1, -0.05) is 6.92 Å². The fourth-order valence-electron chi connectivity index (χ4n) is 4.12. The van der Waals surface area contributed by atoms with Crippen LogP contribution in [0.3, 0.4) is 0 Å². The van der Waals surface area contributed by atoms with E-state index in [9.17, 15) is 4.79 Å². The van der Waals surface area contributed by atoms with Gasteiger partial charge in [0.1, 0.15) is 0 Å². The Kier molecular flexibility index (Phi) is 9.43. The predicted octanol–water partition coefficient (Wildman–Crippen LogP) is 3.44. The van der Waals surface area contributed by atoms with Gasteiger partial charge in [-0.25, -0.2) is 9.97 Å². The van der Waals surface area contributed by atoms with Crippen LogP contribution in [0.4, 0.5) is 23.1 Å². The van der Waals surface area contributed by atoms with Crippen LogP contribution in [0.1, 0.15) is 19.5 Å². The third-order valence-corrected chi connectivity index (χ3v) is 7.25. The van der Waals surface area contributed by atoms with E-state index >= 15 is 0 Å². The number of piperazine rings is 1. The van der Waals surface area contributed by atoms with E-state index in [1.165, 1.54) is 18.7 Å². The van der Waals surface area contributed by atoms with E-state index in [2.05, 4.69) is 49.5 Å². The molecule has 0 saturated carbocycles. The van der Waals surface area contributed by atoms with Gasteiger partial charge < -0.3 is 25.2 Å². The lowest BCUT2D eigenvalue weighted by Gasteiger charge is -2.36. The number of aromatic amines is 1. The average Bonchev–Trinajstić information content (AvgIpc) is 3.32. The number of benzene rings is 1. The molecule has 3 aromatic rings. The lowest BCUT2D eigenvalue weighted by atomic mass is 10.3. The zero-order valence-corrected chi connectivity index (χ0v) is 23.6. The lowest BCUT2D eigenvalue weighted by Crippen LogP contribution is -2.48. The van der Waals surface area contributed by atoms with Gasteiger partial charge in [0.2, 0.25) is 11.7 Å². The molecule has 38 heavy (non-hydrogen) atoms. The topological polar surface area (TPSA) is 115 Å². The smallest absolute Gasteiger partial charge is 0.221 e. The first-order chi connectivity index (χ1) is 18.3. The van der Waals surface area contributed by atoms with Crippen LogP contribution in [0.5, 0.6) is 5.75 Å². The molecule has 1 saturated heterocycles. The number of H-pyrrole nitrogens is 1. The third kappa shape index (κ3) is 7.36. The number of likely N-dealkylation sites (N-methyl/N-ethyl adjacent to an activating group) is 1. The first kappa shape index (κ1) is 27.7. The molecule has 0 radical (unpaired) electrons. The number of nitrogens with one attached hydrogen (secondary N) is 3. The molecule has 204 valence electrons. The molecule has 1 aliphatic rings. The molecule has 12 heteroatoms. The van der Waals surface area contributed by atoms with Crippen LogP contribution in [0.15, 0.2) is 40.4 Å². The van der Waals surface area contributed by atoms with Crippen LogP contribution in [-0.2, 0) is 4.79 Å². The van der Waals surface area contributed by atoms with E-state index < -0.39 is 0 Å². The molecule has 0 unspecified atom stereocenters. The van der Waals surface area contributed by atoms with Crippen LogP contribution < -0.4 is 20.3 Å². The second-order valence-corrected chi connectivity index (χ2v) is 10.3. The summed E-state index contributed by atoms with van der Waals surface area (Å²) in [4.78, 5) is 29.1. The van der Waals surface area contributed by atoms with E-state index in [0.717, 1.165) is 67.9 Å². The van der Waals surface area contributed by atoms with Crippen LogP contribution in [0, 0.1) is 6.92 Å². The number of nitrogens with zero attached hydrogens (tertiary/aromatic N) is 6. The van der Waals surface area contributed by atoms with Crippen molar-refractivity contribution in [2.24, 2.45) is 0 Å². The number of hydrogen-bond acceptors (Lipinski definition) is 10. The van der Waals surface area contributed by atoms with Gasteiger partial charge in [0.15, 0.2) is 22.6 Å². The Balaban J connectivity index is 1.58. The van der Waals surface area contributed by atoms with Crippen LogP contribution >= 0.6 is 11.8 Å². The van der Waals surface area contributed by atoms with Crippen LogP contribution in [0.25, 0.3) is 0 Å². The molecule has 0 spiro atoms. The number of hydrogen-bond donors (Lipinski definition) is 3. The molecule has 11 nitrogen and oxygen atoms in total. The van der Waals surface area contributed by atoms with Crippen molar-refractivity contribution in [1.82, 2.24) is 30.0 Å². The van der Waals surface area contributed by atoms with Crippen molar-refractivity contribution in [2.45, 2.75) is 30.8 Å². The zero-order chi connectivity index (χ0) is 27.1. The van der Waals surface area contributed by atoms with Crippen molar-refractivity contribution >= 4 is 40.8 Å². The molecule has 0 aliphatic carbocycles. The van der Waals surface area contributed by atoms with Crippen molar-refractivity contribution in [2.75, 3.05) is 75.5 Å². The number of aromatic nitrogens is 4. The van der Waals surface area contributed by atoms with E-state index in [0.29, 0.717) is 22.5 Å². The molecular formula is C26H37N9O2S. The highest BCUT2D eigenvalue weighted by molar-refractivity contribution is 7.99. The minimum absolute atomic E-state index is 0.102. The lowest BCUT2D eigenvalue weighted by molar-refractivity contribution is -0.114. The predicted molar refractivity (Wildman–Crippen MR) is 152 cm³/mol. The van der Waals surface area contributed by atoms with Crippen molar-refractivity contribution < 1.29 is 9.53 Å². The van der Waals surface area contributed by atoms with Crippen LogP contribution in [-0.4, -0.2) is 95.8 Å². The van der Waals surface area contributed by atoms with E-state index in [4.69, 9.17) is 14.7 Å². The van der Waals surface area contributed by atoms with Gasteiger partial charge in [-0.2, -0.15) is 5.10 Å². The van der Waals surface area contributed by atoms with Crippen molar-refractivity contribution in [1.29, 1.82) is 0 Å². The Morgan fingerprint density at radius 3 is 2.53 bits per heavy atom. The second kappa shape index (κ2) is 12.9. The van der Waals surface area contributed by atoms with Crippen molar-refractivity contribution in [3.05, 3.63) is 36.0 Å². The van der Waals surface area contributed by atoms with Gasteiger partial charge in [0, 0.05) is 68.5 Å². The maximum atomic E-state index is 11.4. The van der Waals surface area contributed by atoms with E-state index in [1.807, 2.05) is 37.3 Å². The summed E-state index contributed by atoms with van der Waals surface area (Å²) in [5, 5.41) is 14.0. The summed E-state index contributed by atoms with van der Waals surface area (Å²) in [5.41, 5.74) is 1.69. The number of amides is 1.